The number of para-hydroxylation sites is 1. The number of hydrogen-bond donors (Lipinski definition) is 0. The van der Waals surface area contributed by atoms with E-state index < -0.39 is 0 Å². The highest BCUT2D eigenvalue weighted by atomic mass is 16.5. The molecule has 1 aliphatic carbocycles. The van der Waals surface area contributed by atoms with Crippen molar-refractivity contribution in [2.45, 2.75) is 19.8 Å². The van der Waals surface area contributed by atoms with Gasteiger partial charge in [-0.15, -0.1) is 0 Å². The third-order valence-corrected chi connectivity index (χ3v) is 4.62. The SMILES string of the molecule is COc1cccc(C=C2CC(C)CC(=Cc3ccccc3OC)C2=O)c1. The molecule has 0 aliphatic heterocycles. The first-order chi connectivity index (χ1) is 12.6. The summed E-state index contributed by atoms with van der Waals surface area (Å²) in [6, 6.07) is 15.6. The molecule has 0 bridgehead atoms. The number of Topliss-reactive ketones (excluding diaryl/α,β-unsaturated/α-hetero) is 1. The van der Waals surface area contributed by atoms with Crippen molar-refractivity contribution >= 4 is 17.9 Å². The van der Waals surface area contributed by atoms with Gasteiger partial charge in [0.25, 0.3) is 0 Å². The third-order valence-electron chi connectivity index (χ3n) is 4.62. The molecule has 1 saturated carbocycles. The molecule has 0 aromatic heterocycles. The molecule has 0 saturated heterocycles. The molecule has 1 fully saturated rings. The molecule has 1 atom stereocenters. The molecule has 1 unspecified atom stereocenters. The van der Waals surface area contributed by atoms with Gasteiger partial charge in [0, 0.05) is 16.7 Å². The molecule has 0 spiro atoms. The maximum Gasteiger partial charge on any atom is 0.185 e. The van der Waals surface area contributed by atoms with Crippen LogP contribution in [0.4, 0.5) is 0 Å². The summed E-state index contributed by atoms with van der Waals surface area (Å²) in [4.78, 5) is 13.0. The van der Waals surface area contributed by atoms with Crippen LogP contribution in [0.3, 0.4) is 0 Å². The van der Waals surface area contributed by atoms with Gasteiger partial charge in [0.2, 0.25) is 0 Å². The van der Waals surface area contributed by atoms with Crippen LogP contribution in [-0.4, -0.2) is 20.0 Å². The Morgan fingerprint density at radius 3 is 2.38 bits per heavy atom. The van der Waals surface area contributed by atoms with Crippen molar-refractivity contribution in [3.05, 3.63) is 70.8 Å². The largest absolute Gasteiger partial charge is 0.497 e. The van der Waals surface area contributed by atoms with E-state index in [9.17, 15) is 4.79 Å². The van der Waals surface area contributed by atoms with E-state index >= 15 is 0 Å². The summed E-state index contributed by atoms with van der Waals surface area (Å²) < 4.78 is 10.7. The fourth-order valence-corrected chi connectivity index (χ4v) is 3.37. The van der Waals surface area contributed by atoms with E-state index in [1.165, 1.54) is 0 Å². The Balaban J connectivity index is 1.95. The van der Waals surface area contributed by atoms with Gasteiger partial charge in [-0.2, -0.15) is 0 Å². The summed E-state index contributed by atoms with van der Waals surface area (Å²) in [6.45, 7) is 2.18. The Bertz CT molecular complexity index is 861. The minimum Gasteiger partial charge on any atom is -0.497 e. The first kappa shape index (κ1) is 18.0. The summed E-state index contributed by atoms with van der Waals surface area (Å²) in [5, 5.41) is 0. The van der Waals surface area contributed by atoms with E-state index in [1.54, 1.807) is 14.2 Å². The Morgan fingerprint density at radius 2 is 1.65 bits per heavy atom. The van der Waals surface area contributed by atoms with Crippen LogP contribution in [0.15, 0.2) is 59.7 Å². The molecule has 2 aromatic rings. The van der Waals surface area contributed by atoms with Gasteiger partial charge in [0.15, 0.2) is 5.78 Å². The first-order valence-corrected chi connectivity index (χ1v) is 8.83. The van der Waals surface area contributed by atoms with Crippen LogP contribution in [0, 0.1) is 5.92 Å². The summed E-state index contributed by atoms with van der Waals surface area (Å²) in [5.41, 5.74) is 3.60. The van der Waals surface area contributed by atoms with Crippen LogP contribution in [0.2, 0.25) is 0 Å². The average molecular weight is 348 g/mol. The highest BCUT2D eigenvalue weighted by Crippen LogP contribution is 2.33. The van der Waals surface area contributed by atoms with Gasteiger partial charge in [0.05, 0.1) is 14.2 Å². The lowest BCUT2D eigenvalue weighted by Crippen LogP contribution is -2.18. The molecule has 3 heteroatoms. The van der Waals surface area contributed by atoms with Crippen molar-refractivity contribution in [1.29, 1.82) is 0 Å². The molecule has 3 nitrogen and oxygen atoms in total. The number of allylic oxidation sites excluding steroid dienone is 2. The lowest BCUT2D eigenvalue weighted by molar-refractivity contribution is -0.113. The maximum absolute atomic E-state index is 13.0. The highest BCUT2D eigenvalue weighted by molar-refractivity contribution is 6.14. The van der Waals surface area contributed by atoms with Crippen LogP contribution < -0.4 is 9.47 Å². The summed E-state index contributed by atoms with van der Waals surface area (Å²) >= 11 is 0. The second-order valence-electron chi connectivity index (χ2n) is 6.70. The molecular weight excluding hydrogens is 324 g/mol. The van der Waals surface area contributed by atoms with Gasteiger partial charge in [-0.25, -0.2) is 0 Å². The average Bonchev–Trinajstić information content (AvgIpc) is 2.66. The van der Waals surface area contributed by atoms with Crippen molar-refractivity contribution in [2.24, 2.45) is 5.92 Å². The van der Waals surface area contributed by atoms with Gasteiger partial charge in [0.1, 0.15) is 11.5 Å². The standard InChI is InChI=1S/C23H24O3/c1-16-11-19(13-17-7-6-9-21(14-17)25-2)23(24)20(12-16)15-18-8-4-5-10-22(18)26-3/h4-10,13-16H,11-12H2,1-3H3. The topological polar surface area (TPSA) is 35.5 Å². The lowest BCUT2D eigenvalue weighted by atomic mass is 9.80. The van der Waals surface area contributed by atoms with Crippen LogP contribution in [0.25, 0.3) is 12.2 Å². The zero-order valence-corrected chi connectivity index (χ0v) is 15.5. The van der Waals surface area contributed by atoms with Crippen LogP contribution in [-0.2, 0) is 4.79 Å². The van der Waals surface area contributed by atoms with E-state index in [0.29, 0.717) is 5.92 Å². The fourth-order valence-electron chi connectivity index (χ4n) is 3.37. The second-order valence-corrected chi connectivity index (χ2v) is 6.70. The third kappa shape index (κ3) is 4.05. The number of ether oxygens (including phenoxy) is 2. The Kier molecular flexibility index (Phi) is 5.57. The zero-order valence-electron chi connectivity index (χ0n) is 15.5. The van der Waals surface area contributed by atoms with Crippen molar-refractivity contribution < 1.29 is 14.3 Å². The van der Waals surface area contributed by atoms with E-state index in [2.05, 4.69) is 6.92 Å². The van der Waals surface area contributed by atoms with Crippen molar-refractivity contribution in [3.8, 4) is 11.5 Å². The first-order valence-electron chi connectivity index (χ1n) is 8.83. The number of hydrogen-bond acceptors (Lipinski definition) is 3. The number of benzene rings is 2. The molecule has 0 radical (unpaired) electrons. The van der Waals surface area contributed by atoms with Crippen LogP contribution in [0.5, 0.6) is 11.5 Å². The summed E-state index contributed by atoms with van der Waals surface area (Å²) in [7, 11) is 3.30. The fraction of sp³-hybridized carbons (Fsp3) is 0.261. The monoisotopic (exact) mass is 348 g/mol. The molecule has 2 aromatic carbocycles. The number of rotatable bonds is 4. The molecular formula is C23H24O3. The smallest absolute Gasteiger partial charge is 0.185 e. The molecule has 0 N–H and O–H groups in total. The van der Waals surface area contributed by atoms with E-state index in [4.69, 9.17) is 9.47 Å². The Hall–Kier alpha value is -2.81. The number of carbonyl (C=O) groups is 1. The number of methoxy groups -OCH3 is 2. The Morgan fingerprint density at radius 1 is 0.923 bits per heavy atom. The molecule has 3 rings (SSSR count). The molecule has 1 aliphatic rings. The zero-order chi connectivity index (χ0) is 18.5. The van der Waals surface area contributed by atoms with E-state index in [0.717, 1.165) is 46.6 Å². The molecule has 0 heterocycles. The van der Waals surface area contributed by atoms with Crippen molar-refractivity contribution in [2.75, 3.05) is 14.2 Å². The van der Waals surface area contributed by atoms with Crippen molar-refractivity contribution in [1.82, 2.24) is 0 Å². The highest BCUT2D eigenvalue weighted by Gasteiger charge is 2.25. The number of ketones is 1. The van der Waals surface area contributed by atoms with Gasteiger partial charge >= 0.3 is 0 Å². The molecule has 26 heavy (non-hydrogen) atoms. The van der Waals surface area contributed by atoms with Gasteiger partial charge in [-0.05, 0) is 54.7 Å². The Labute approximate surface area is 155 Å². The van der Waals surface area contributed by atoms with Crippen LogP contribution >= 0.6 is 0 Å². The molecule has 0 amide bonds. The molecule has 134 valence electrons. The quantitative estimate of drug-likeness (QED) is 0.715. The summed E-state index contributed by atoms with van der Waals surface area (Å²) in [5.74, 6) is 2.12. The minimum atomic E-state index is 0.122. The summed E-state index contributed by atoms with van der Waals surface area (Å²) in [6.07, 6.45) is 5.53. The van der Waals surface area contributed by atoms with Gasteiger partial charge < -0.3 is 9.47 Å². The lowest BCUT2D eigenvalue weighted by Gasteiger charge is -2.23. The number of carbonyl (C=O) groups excluding carboxylic acids is 1. The van der Waals surface area contributed by atoms with Crippen molar-refractivity contribution in [3.63, 3.8) is 0 Å². The van der Waals surface area contributed by atoms with Gasteiger partial charge in [-0.3, -0.25) is 4.79 Å². The second kappa shape index (κ2) is 8.05. The maximum atomic E-state index is 13.0. The van der Waals surface area contributed by atoms with E-state index in [1.807, 2.05) is 60.7 Å². The van der Waals surface area contributed by atoms with E-state index in [-0.39, 0.29) is 5.78 Å². The normalized spacial score (nSPS) is 20.4. The predicted molar refractivity (Wildman–Crippen MR) is 105 cm³/mol. The van der Waals surface area contributed by atoms with Gasteiger partial charge in [-0.1, -0.05) is 37.3 Å². The van der Waals surface area contributed by atoms with Crippen LogP contribution in [0.1, 0.15) is 30.9 Å². The predicted octanol–water partition coefficient (Wildman–Crippen LogP) is 5.17. The minimum absolute atomic E-state index is 0.122.